The van der Waals surface area contributed by atoms with E-state index in [1.807, 2.05) is 0 Å². The molecule has 0 saturated heterocycles. The maximum atomic E-state index is 2.51. The minimum absolute atomic E-state index is 0.675. The van der Waals surface area contributed by atoms with Gasteiger partial charge >= 0.3 is 0 Å². The van der Waals surface area contributed by atoms with Crippen LogP contribution in [0.4, 0.5) is 0 Å². The first kappa shape index (κ1) is 13.8. The SMILES string of the molecule is CC=CCCCC(C)C(C)C1(C)CC1CC. The maximum absolute atomic E-state index is 2.51. The second-order valence-electron chi connectivity index (χ2n) is 6.08. The van der Waals surface area contributed by atoms with Gasteiger partial charge in [0, 0.05) is 0 Å². The zero-order valence-electron chi connectivity index (χ0n) is 11.9. The molecule has 1 fully saturated rings. The molecule has 0 spiro atoms. The van der Waals surface area contributed by atoms with Crippen LogP contribution in [0.1, 0.15) is 66.7 Å². The normalized spacial score (nSPS) is 32.9. The molecule has 0 N–H and O–H groups in total. The Kier molecular flexibility index (Phi) is 5.08. The summed E-state index contributed by atoms with van der Waals surface area (Å²) in [6, 6.07) is 0. The molecule has 1 saturated carbocycles. The van der Waals surface area contributed by atoms with Crippen LogP contribution in [0.5, 0.6) is 0 Å². The van der Waals surface area contributed by atoms with Gasteiger partial charge in [0.25, 0.3) is 0 Å². The standard InChI is InChI=1S/C16H30/c1-6-8-9-10-11-13(3)14(4)16(5)12-15(16)7-2/h6,8,13-15H,7,9-12H2,1-5H3. The van der Waals surface area contributed by atoms with Gasteiger partial charge < -0.3 is 0 Å². The number of hydrogen-bond donors (Lipinski definition) is 0. The molecule has 1 aliphatic carbocycles. The van der Waals surface area contributed by atoms with Gasteiger partial charge in [0.15, 0.2) is 0 Å². The van der Waals surface area contributed by atoms with Gasteiger partial charge in [-0.1, -0.05) is 52.7 Å². The lowest BCUT2D eigenvalue weighted by Gasteiger charge is -2.27. The van der Waals surface area contributed by atoms with E-state index >= 15 is 0 Å². The van der Waals surface area contributed by atoms with Crippen LogP contribution < -0.4 is 0 Å². The first-order chi connectivity index (χ1) is 7.56. The molecule has 0 amide bonds. The molecule has 4 unspecified atom stereocenters. The van der Waals surface area contributed by atoms with Crippen LogP contribution in [0, 0.1) is 23.2 Å². The maximum Gasteiger partial charge on any atom is -0.0266 e. The van der Waals surface area contributed by atoms with Crippen LogP contribution in [-0.2, 0) is 0 Å². The van der Waals surface area contributed by atoms with E-state index in [1.54, 1.807) is 0 Å². The van der Waals surface area contributed by atoms with Crippen LogP contribution in [0.15, 0.2) is 12.2 Å². The Morgan fingerprint density at radius 1 is 1.38 bits per heavy atom. The van der Waals surface area contributed by atoms with E-state index in [0.717, 1.165) is 17.8 Å². The fourth-order valence-electron chi connectivity index (χ4n) is 3.26. The largest absolute Gasteiger partial charge is 0.0917 e. The number of allylic oxidation sites excluding steroid dienone is 2. The summed E-state index contributed by atoms with van der Waals surface area (Å²) in [5, 5.41) is 0. The van der Waals surface area contributed by atoms with E-state index in [4.69, 9.17) is 0 Å². The monoisotopic (exact) mass is 222 g/mol. The lowest BCUT2D eigenvalue weighted by Crippen LogP contribution is -2.19. The Balaban J connectivity index is 2.28. The molecule has 94 valence electrons. The molecule has 0 radical (unpaired) electrons. The van der Waals surface area contributed by atoms with Gasteiger partial charge in [0.2, 0.25) is 0 Å². The third kappa shape index (κ3) is 3.12. The smallest absolute Gasteiger partial charge is 0.0266 e. The molecule has 16 heavy (non-hydrogen) atoms. The van der Waals surface area contributed by atoms with Crippen molar-refractivity contribution in [3.05, 3.63) is 12.2 Å². The van der Waals surface area contributed by atoms with Crippen LogP contribution in [0.25, 0.3) is 0 Å². The van der Waals surface area contributed by atoms with Crippen molar-refractivity contribution in [3.63, 3.8) is 0 Å². The highest BCUT2D eigenvalue weighted by Gasteiger charge is 2.52. The molecule has 0 aromatic heterocycles. The van der Waals surface area contributed by atoms with E-state index in [9.17, 15) is 0 Å². The highest BCUT2D eigenvalue weighted by Crippen LogP contribution is 2.61. The zero-order chi connectivity index (χ0) is 12.2. The minimum atomic E-state index is 0.675. The van der Waals surface area contributed by atoms with Crippen LogP contribution in [-0.4, -0.2) is 0 Å². The van der Waals surface area contributed by atoms with E-state index in [0.29, 0.717) is 5.41 Å². The second kappa shape index (κ2) is 5.89. The van der Waals surface area contributed by atoms with Crippen LogP contribution in [0.3, 0.4) is 0 Å². The predicted molar refractivity (Wildman–Crippen MR) is 73.5 cm³/mol. The van der Waals surface area contributed by atoms with Crippen molar-refractivity contribution in [2.45, 2.75) is 66.7 Å². The molecule has 0 bridgehead atoms. The molecular weight excluding hydrogens is 192 g/mol. The zero-order valence-corrected chi connectivity index (χ0v) is 11.9. The quantitative estimate of drug-likeness (QED) is 0.397. The summed E-state index contributed by atoms with van der Waals surface area (Å²) in [5.41, 5.74) is 0.675. The average molecular weight is 222 g/mol. The molecular formula is C16H30. The molecule has 0 nitrogen and oxygen atoms in total. The number of unbranched alkanes of at least 4 members (excludes halogenated alkanes) is 1. The van der Waals surface area contributed by atoms with Gasteiger partial charge in [0.05, 0.1) is 0 Å². The van der Waals surface area contributed by atoms with Gasteiger partial charge in [-0.15, -0.1) is 0 Å². The molecule has 0 aromatic rings. The third-order valence-electron chi connectivity index (χ3n) is 5.11. The van der Waals surface area contributed by atoms with Crippen LogP contribution in [0.2, 0.25) is 0 Å². The Bertz CT molecular complexity index is 228. The van der Waals surface area contributed by atoms with E-state index in [-0.39, 0.29) is 0 Å². The Labute approximate surface area is 103 Å². The fourth-order valence-corrected chi connectivity index (χ4v) is 3.26. The Hall–Kier alpha value is -0.260. The van der Waals surface area contributed by atoms with Crippen molar-refractivity contribution in [1.29, 1.82) is 0 Å². The van der Waals surface area contributed by atoms with Gasteiger partial charge in [0.1, 0.15) is 0 Å². The minimum Gasteiger partial charge on any atom is -0.0917 e. The van der Waals surface area contributed by atoms with Gasteiger partial charge in [-0.05, 0) is 49.4 Å². The molecule has 0 heterocycles. The van der Waals surface area contributed by atoms with Crippen molar-refractivity contribution >= 4 is 0 Å². The topological polar surface area (TPSA) is 0 Å². The first-order valence-electron chi connectivity index (χ1n) is 7.17. The summed E-state index contributed by atoms with van der Waals surface area (Å²) in [5.74, 6) is 2.82. The van der Waals surface area contributed by atoms with Crippen molar-refractivity contribution in [2.24, 2.45) is 23.2 Å². The highest BCUT2D eigenvalue weighted by atomic mass is 14.6. The van der Waals surface area contributed by atoms with Crippen molar-refractivity contribution < 1.29 is 0 Å². The Morgan fingerprint density at radius 3 is 2.56 bits per heavy atom. The molecule has 4 atom stereocenters. The molecule has 0 aromatic carbocycles. The van der Waals surface area contributed by atoms with Gasteiger partial charge in [-0.25, -0.2) is 0 Å². The lowest BCUT2D eigenvalue weighted by molar-refractivity contribution is 0.224. The summed E-state index contributed by atoms with van der Waals surface area (Å²) < 4.78 is 0. The predicted octanol–water partition coefficient (Wildman–Crippen LogP) is 5.44. The summed E-state index contributed by atoms with van der Waals surface area (Å²) >= 11 is 0. The average Bonchev–Trinajstić information content (AvgIpc) is 2.96. The highest BCUT2D eigenvalue weighted by molar-refractivity contribution is 5.02. The van der Waals surface area contributed by atoms with Gasteiger partial charge in [-0.2, -0.15) is 0 Å². The van der Waals surface area contributed by atoms with Crippen LogP contribution >= 0.6 is 0 Å². The van der Waals surface area contributed by atoms with E-state index in [1.165, 1.54) is 32.1 Å². The van der Waals surface area contributed by atoms with E-state index in [2.05, 4.69) is 46.8 Å². The lowest BCUT2D eigenvalue weighted by atomic mass is 9.78. The molecule has 1 rings (SSSR count). The number of hydrogen-bond acceptors (Lipinski definition) is 0. The van der Waals surface area contributed by atoms with E-state index < -0.39 is 0 Å². The third-order valence-corrected chi connectivity index (χ3v) is 5.11. The van der Waals surface area contributed by atoms with Crippen molar-refractivity contribution in [2.75, 3.05) is 0 Å². The summed E-state index contributed by atoms with van der Waals surface area (Å²) in [7, 11) is 0. The molecule has 0 heteroatoms. The van der Waals surface area contributed by atoms with Crippen molar-refractivity contribution in [1.82, 2.24) is 0 Å². The first-order valence-corrected chi connectivity index (χ1v) is 7.17. The van der Waals surface area contributed by atoms with Crippen molar-refractivity contribution in [3.8, 4) is 0 Å². The number of rotatable bonds is 7. The Morgan fingerprint density at radius 2 is 2.06 bits per heavy atom. The summed E-state index contributed by atoms with van der Waals surface area (Å²) in [6.45, 7) is 11.9. The fraction of sp³-hybridized carbons (Fsp3) is 0.875. The summed E-state index contributed by atoms with van der Waals surface area (Å²) in [4.78, 5) is 0. The second-order valence-corrected chi connectivity index (χ2v) is 6.08. The van der Waals surface area contributed by atoms with Gasteiger partial charge in [-0.3, -0.25) is 0 Å². The molecule has 1 aliphatic rings. The molecule has 0 aliphatic heterocycles. The summed E-state index contributed by atoms with van der Waals surface area (Å²) in [6.07, 6.45) is 11.4.